The average Bonchev–Trinajstić information content (AvgIpc) is 1.85. The first kappa shape index (κ1) is 11.0. The van der Waals surface area contributed by atoms with Crippen molar-refractivity contribution < 1.29 is 4.48 Å². The second kappa shape index (κ2) is 4.78. The van der Waals surface area contributed by atoms with Crippen molar-refractivity contribution in [1.29, 1.82) is 0 Å². The molecule has 1 aromatic carbocycles. The van der Waals surface area contributed by atoms with Crippen LogP contribution in [0.5, 0.6) is 0 Å². The van der Waals surface area contributed by atoms with Crippen molar-refractivity contribution in [2.75, 3.05) is 33.9 Å². The van der Waals surface area contributed by atoms with Crippen molar-refractivity contribution in [3.63, 3.8) is 0 Å². The van der Waals surface area contributed by atoms with Crippen molar-refractivity contribution in [2.24, 2.45) is 0 Å². The molecule has 0 spiro atoms. The van der Waals surface area contributed by atoms with E-state index in [-0.39, 0.29) is 0 Å². The molecular formula is C10H19N2+. The Hall–Kier alpha value is -1.02. The van der Waals surface area contributed by atoms with Crippen LogP contribution in [0, 0.1) is 0 Å². The van der Waals surface area contributed by atoms with E-state index in [0.29, 0.717) is 0 Å². The van der Waals surface area contributed by atoms with E-state index in [0.717, 1.165) is 10.2 Å². The molecule has 68 valence electrons. The van der Waals surface area contributed by atoms with Crippen LogP contribution in [0.2, 0.25) is 0 Å². The van der Waals surface area contributed by atoms with E-state index in [1.807, 2.05) is 30.3 Å². The normalized spacial score (nSPS) is 10.0. The second-order valence-corrected chi connectivity index (χ2v) is 4.09. The Morgan fingerprint density at radius 3 is 1.42 bits per heavy atom. The van der Waals surface area contributed by atoms with E-state index < -0.39 is 0 Å². The summed E-state index contributed by atoms with van der Waals surface area (Å²) < 4.78 is 1.00. The summed E-state index contributed by atoms with van der Waals surface area (Å²) in [6.45, 7) is 0. The number of nitrogen functional groups attached to an aromatic ring is 1. The summed E-state index contributed by atoms with van der Waals surface area (Å²) >= 11 is 0. The van der Waals surface area contributed by atoms with Gasteiger partial charge in [-0.25, -0.2) is 0 Å². The Bertz CT molecular complexity index is 193. The van der Waals surface area contributed by atoms with Gasteiger partial charge in [0.25, 0.3) is 0 Å². The second-order valence-electron chi connectivity index (χ2n) is 4.09. The molecule has 0 saturated carbocycles. The zero-order valence-electron chi connectivity index (χ0n) is 8.41. The van der Waals surface area contributed by atoms with Crippen LogP contribution in [0.3, 0.4) is 0 Å². The summed E-state index contributed by atoms with van der Waals surface area (Å²) in [6.07, 6.45) is 0. The standard InChI is InChI=1S/C6H7N.C4H12N/c7-6-4-2-1-3-5-6;1-5(2,3)4/h1-5H,7H2;1-4H3/q;+1. The zero-order valence-corrected chi connectivity index (χ0v) is 8.41. The number of rotatable bonds is 0. The molecule has 1 rings (SSSR count). The van der Waals surface area contributed by atoms with E-state index in [2.05, 4.69) is 28.2 Å². The number of para-hydroxylation sites is 1. The van der Waals surface area contributed by atoms with Gasteiger partial charge in [0, 0.05) is 5.69 Å². The molecule has 0 bridgehead atoms. The lowest BCUT2D eigenvalue weighted by atomic mass is 10.3. The Morgan fingerprint density at radius 2 is 1.25 bits per heavy atom. The molecule has 2 N–H and O–H groups in total. The zero-order chi connectivity index (χ0) is 9.61. The van der Waals surface area contributed by atoms with Crippen LogP contribution >= 0.6 is 0 Å². The molecule has 0 fully saturated rings. The van der Waals surface area contributed by atoms with Crippen molar-refractivity contribution in [2.45, 2.75) is 0 Å². The summed E-state index contributed by atoms with van der Waals surface area (Å²) in [7, 11) is 8.50. The summed E-state index contributed by atoms with van der Waals surface area (Å²) in [4.78, 5) is 0. The lowest BCUT2D eigenvalue weighted by molar-refractivity contribution is -0.849. The topological polar surface area (TPSA) is 26.0 Å². The minimum absolute atomic E-state index is 0.822. The fourth-order valence-corrected chi connectivity index (χ4v) is 0.453. The molecular weight excluding hydrogens is 148 g/mol. The van der Waals surface area contributed by atoms with E-state index in [1.165, 1.54) is 0 Å². The molecule has 0 radical (unpaired) electrons. The van der Waals surface area contributed by atoms with Crippen LogP contribution in [-0.2, 0) is 0 Å². The highest BCUT2D eigenvalue weighted by molar-refractivity contribution is 5.35. The molecule has 1 aromatic rings. The lowest BCUT2D eigenvalue weighted by Crippen LogP contribution is -2.27. The molecule has 0 aliphatic rings. The minimum Gasteiger partial charge on any atom is -0.399 e. The smallest absolute Gasteiger partial charge is 0.0675 e. The van der Waals surface area contributed by atoms with Gasteiger partial charge >= 0.3 is 0 Å². The van der Waals surface area contributed by atoms with Crippen molar-refractivity contribution >= 4 is 5.69 Å². The maximum absolute atomic E-state index is 5.36. The third kappa shape index (κ3) is 11.7. The Morgan fingerprint density at radius 1 is 0.917 bits per heavy atom. The van der Waals surface area contributed by atoms with E-state index >= 15 is 0 Å². The first-order valence-electron chi connectivity index (χ1n) is 3.99. The molecule has 0 aliphatic carbocycles. The van der Waals surface area contributed by atoms with E-state index in [9.17, 15) is 0 Å². The molecule has 2 nitrogen and oxygen atoms in total. The fraction of sp³-hybridized carbons (Fsp3) is 0.400. The van der Waals surface area contributed by atoms with Gasteiger partial charge in [-0.3, -0.25) is 0 Å². The molecule has 0 saturated heterocycles. The molecule has 2 heteroatoms. The monoisotopic (exact) mass is 167 g/mol. The average molecular weight is 167 g/mol. The van der Waals surface area contributed by atoms with Gasteiger partial charge in [0.05, 0.1) is 28.2 Å². The SMILES string of the molecule is C[N+](C)(C)C.Nc1ccccc1. The van der Waals surface area contributed by atoms with Crippen molar-refractivity contribution in [1.82, 2.24) is 0 Å². The highest BCUT2D eigenvalue weighted by Gasteiger charge is 1.88. The molecule has 0 atom stereocenters. The summed E-state index contributed by atoms with van der Waals surface area (Å²) in [6, 6.07) is 9.49. The first-order chi connectivity index (χ1) is 5.39. The number of nitrogens with zero attached hydrogens (tertiary/aromatic N) is 1. The van der Waals surface area contributed by atoms with Crippen LogP contribution < -0.4 is 5.73 Å². The highest BCUT2D eigenvalue weighted by Crippen LogP contribution is 1.95. The van der Waals surface area contributed by atoms with Gasteiger partial charge in [-0.2, -0.15) is 0 Å². The van der Waals surface area contributed by atoms with Gasteiger partial charge in [0.2, 0.25) is 0 Å². The quantitative estimate of drug-likeness (QED) is 0.461. The summed E-state index contributed by atoms with van der Waals surface area (Å²) in [5.41, 5.74) is 6.18. The van der Waals surface area contributed by atoms with Gasteiger partial charge in [-0.15, -0.1) is 0 Å². The number of hydrogen-bond donors (Lipinski definition) is 1. The predicted octanol–water partition coefficient (Wildman–Crippen LogP) is 1.59. The van der Waals surface area contributed by atoms with Crippen LogP contribution in [0.25, 0.3) is 0 Å². The third-order valence-corrected chi connectivity index (χ3v) is 0.800. The largest absolute Gasteiger partial charge is 0.399 e. The van der Waals surface area contributed by atoms with E-state index in [4.69, 9.17) is 5.73 Å². The Labute approximate surface area is 75.2 Å². The molecule has 0 amide bonds. The van der Waals surface area contributed by atoms with E-state index in [1.54, 1.807) is 0 Å². The molecule has 0 aromatic heterocycles. The number of quaternary nitrogens is 1. The molecule has 12 heavy (non-hydrogen) atoms. The predicted molar refractivity (Wildman–Crippen MR) is 54.8 cm³/mol. The summed E-state index contributed by atoms with van der Waals surface area (Å²) in [5.74, 6) is 0. The Kier molecular flexibility index (Phi) is 4.37. The number of benzene rings is 1. The number of anilines is 1. The number of hydrogen-bond acceptors (Lipinski definition) is 1. The fourth-order valence-electron chi connectivity index (χ4n) is 0.453. The Balaban J connectivity index is 0.000000217. The van der Waals surface area contributed by atoms with Crippen LogP contribution in [0.15, 0.2) is 30.3 Å². The molecule has 0 aliphatic heterocycles. The van der Waals surface area contributed by atoms with Crippen LogP contribution in [0.1, 0.15) is 0 Å². The van der Waals surface area contributed by atoms with Crippen LogP contribution in [0.4, 0.5) is 5.69 Å². The van der Waals surface area contributed by atoms with Gasteiger partial charge in [0.1, 0.15) is 0 Å². The molecule has 0 heterocycles. The van der Waals surface area contributed by atoms with Crippen LogP contribution in [-0.4, -0.2) is 32.7 Å². The maximum Gasteiger partial charge on any atom is 0.0675 e. The van der Waals surface area contributed by atoms with Gasteiger partial charge in [0.15, 0.2) is 0 Å². The van der Waals surface area contributed by atoms with Gasteiger partial charge < -0.3 is 10.2 Å². The van der Waals surface area contributed by atoms with Gasteiger partial charge in [-0.1, -0.05) is 18.2 Å². The first-order valence-corrected chi connectivity index (χ1v) is 3.99. The van der Waals surface area contributed by atoms with Gasteiger partial charge in [-0.05, 0) is 12.1 Å². The minimum atomic E-state index is 0.822. The third-order valence-electron chi connectivity index (χ3n) is 0.800. The summed E-state index contributed by atoms with van der Waals surface area (Å²) in [5, 5.41) is 0. The highest BCUT2D eigenvalue weighted by atomic mass is 15.2. The number of nitrogens with two attached hydrogens (primary N) is 1. The molecule has 0 unspecified atom stereocenters. The maximum atomic E-state index is 5.36. The lowest BCUT2D eigenvalue weighted by Gasteiger charge is -2.14. The van der Waals surface area contributed by atoms with Crippen molar-refractivity contribution in [3.05, 3.63) is 30.3 Å². The van der Waals surface area contributed by atoms with Crippen molar-refractivity contribution in [3.8, 4) is 0 Å².